The van der Waals surface area contributed by atoms with E-state index in [2.05, 4.69) is 56.7 Å². The summed E-state index contributed by atoms with van der Waals surface area (Å²) in [6, 6.07) is 8.97. The van der Waals surface area contributed by atoms with Crippen LogP contribution in [0.3, 0.4) is 0 Å². The molecule has 0 spiro atoms. The summed E-state index contributed by atoms with van der Waals surface area (Å²) < 4.78 is 0.897. The normalized spacial score (nSPS) is 17.3. The lowest BCUT2D eigenvalue weighted by molar-refractivity contribution is 0.475. The Hall–Kier alpha value is -0.870. The monoisotopic (exact) mass is 350 g/mol. The number of hydrogen-bond donors (Lipinski definition) is 1. The average molecular weight is 351 g/mol. The summed E-state index contributed by atoms with van der Waals surface area (Å²) in [6.07, 6.45) is 5.40. The minimum atomic E-state index is 0.430. The lowest BCUT2D eigenvalue weighted by Crippen LogP contribution is -2.18. The van der Waals surface area contributed by atoms with Crippen molar-refractivity contribution < 1.29 is 0 Å². The predicted octanol–water partition coefficient (Wildman–Crippen LogP) is 5.56. The van der Waals surface area contributed by atoms with Crippen LogP contribution in [0.2, 0.25) is 0 Å². The van der Waals surface area contributed by atoms with Gasteiger partial charge in [0.2, 0.25) is 0 Å². The van der Waals surface area contributed by atoms with Crippen LogP contribution < -0.4 is 5.32 Å². The van der Waals surface area contributed by atoms with Gasteiger partial charge in [0.15, 0.2) is 0 Å². The van der Waals surface area contributed by atoms with Crippen LogP contribution in [-0.2, 0) is 0 Å². The van der Waals surface area contributed by atoms with Crippen molar-refractivity contribution in [2.75, 3.05) is 5.32 Å². The molecular weight excluding hydrogens is 332 g/mol. The van der Waals surface area contributed by atoms with Crippen LogP contribution >= 0.6 is 27.3 Å². The fourth-order valence-corrected chi connectivity index (χ4v) is 4.30. The van der Waals surface area contributed by atoms with E-state index in [0.717, 1.165) is 21.9 Å². The van der Waals surface area contributed by atoms with Gasteiger partial charge in [-0.25, -0.2) is 4.98 Å². The summed E-state index contributed by atoms with van der Waals surface area (Å²) in [6.45, 7) is 2.06. The highest BCUT2D eigenvalue weighted by molar-refractivity contribution is 9.10. The Morgan fingerprint density at radius 2 is 2.10 bits per heavy atom. The second-order valence-electron chi connectivity index (χ2n) is 5.45. The van der Waals surface area contributed by atoms with Crippen molar-refractivity contribution >= 4 is 33.0 Å². The van der Waals surface area contributed by atoms with Crippen LogP contribution in [0.15, 0.2) is 34.2 Å². The van der Waals surface area contributed by atoms with Crippen LogP contribution in [0.4, 0.5) is 5.69 Å². The molecule has 1 saturated carbocycles. The molecule has 20 heavy (non-hydrogen) atoms. The molecule has 106 valence electrons. The Morgan fingerprint density at radius 3 is 2.75 bits per heavy atom. The largest absolute Gasteiger partial charge is 0.376 e. The number of thiophene rings is 1. The highest BCUT2D eigenvalue weighted by atomic mass is 79.9. The quantitative estimate of drug-likeness (QED) is 0.730. The molecule has 0 amide bonds. The Kier molecular flexibility index (Phi) is 4.41. The second-order valence-corrected chi connectivity index (χ2v) is 7.24. The predicted molar refractivity (Wildman–Crippen MR) is 89.3 cm³/mol. The Balaban J connectivity index is 1.86. The Bertz CT molecular complexity index is 562. The summed E-state index contributed by atoms with van der Waals surface area (Å²) in [5.41, 5.74) is 2.21. The van der Waals surface area contributed by atoms with Crippen molar-refractivity contribution in [3.63, 3.8) is 0 Å². The molecule has 0 radical (unpaired) electrons. The van der Waals surface area contributed by atoms with E-state index >= 15 is 0 Å². The van der Waals surface area contributed by atoms with Crippen LogP contribution in [-0.4, -0.2) is 4.98 Å². The Labute approximate surface area is 132 Å². The zero-order chi connectivity index (χ0) is 13.9. The molecule has 3 rings (SSSR count). The third-order valence-corrected chi connectivity index (χ3v) is 5.48. The third-order valence-electron chi connectivity index (χ3n) is 4.08. The second kappa shape index (κ2) is 6.27. The maximum atomic E-state index is 4.49. The van der Waals surface area contributed by atoms with Gasteiger partial charge in [0.05, 0.1) is 17.4 Å². The first-order chi connectivity index (χ1) is 9.74. The molecule has 0 aliphatic heterocycles. The summed E-state index contributed by atoms with van der Waals surface area (Å²) >= 11 is 5.28. The van der Waals surface area contributed by atoms with Crippen LogP contribution in [0, 0.1) is 12.8 Å². The standard InChI is InChI=1S/C16H19BrN2S/c1-11-13(8-9-15(17)18-11)19-16(12-5-2-3-6-12)14-7-4-10-20-14/h4,7-10,12,16,19H,2-3,5-6H2,1H3. The minimum Gasteiger partial charge on any atom is -0.376 e. The lowest BCUT2D eigenvalue weighted by Gasteiger charge is -2.25. The average Bonchev–Trinajstić information content (AvgIpc) is 3.11. The van der Waals surface area contributed by atoms with Crippen LogP contribution in [0.5, 0.6) is 0 Å². The molecule has 0 aromatic carbocycles. The van der Waals surface area contributed by atoms with Crippen molar-refractivity contribution in [3.05, 3.63) is 44.8 Å². The van der Waals surface area contributed by atoms with Crippen molar-refractivity contribution in [3.8, 4) is 0 Å². The number of anilines is 1. The summed E-state index contributed by atoms with van der Waals surface area (Å²) in [4.78, 5) is 5.94. The molecule has 4 heteroatoms. The minimum absolute atomic E-state index is 0.430. The molecule has 1 aliphatic carbocycles. The van der Waals surface area contributed by atoms with E-state index in [-0.39, 0.29) is 0 Å². The third kappa shape index (κ3) is 3.07. The van der Waals surface area contributed by atoms with Gasteiger partial charge < -0.3 is 5.32 Å². The SMILES string of the molecule is Cc1nc(Br)ccc1NC(c1cccs1)C1CCCC1. The van der Waals surface area contributed by atoms with Crippen molar-refractivity contribution in [1.29, 1.82) is 0 Å². The van der Waals surface area contributed by atoms with Crippen molar-refractivity contribution in [2.45, 2.75) is 38.6 Å². The van der Waals surface area contributed by atoms with E-state index in [4.69, 9.17) is 0 Å². The summed E-state index contributed by atoms with van der Waals surface area (Å²) in [5, 5.41) is 5.92. The van der Waals surface area contributed by atoms with Gasteiger partial charge in [0, 0.05) is 4.88 Å². The van der Waals surface area contributed by atoms with E-state index in [1.807, 2.05) is 17.4 Å². The molecule has 2 heterocycles. The first kappa shape index (κ1) is 14.1. The van der Waals surface area contributed by atoms with Gasteiger partial charge in [-0.05, 0) is 65.2 Å². The molecule has 1 N–H and O–H groups in total. The molecule has 2 aromatic heterocycles. The maximum absolute atomic E-state index is 4.49. The van der Waals surface area contributed by atoms with E-state index < -0.39 is 0 Å². The molecule has 1 aliphatic rings. The van der Waals surface area contributed by atoms with E-state index in [9.17, 15) is 0 Å². The number of rotatable bonds is 4. The van der Waals surface area contributed by atoms with Crippen LogP contribution in [0.1, 0.15) is 42.3 Å². The fraction of sp³-hybridized carbons (Fsp3) is 0.438. The lowest BCUT2D eigenvalue weighted by atomic mass is 9.96. The zero-order valence-corrected chi connectivity index (χ0v) is 14.0. The van der Waals surface area contributed by atoms with E-state index in [0.29, 0.717) is 6.04 Å². The zero-order valence-electron chi connectivity index (χ0n) is 11.6. The smallest absolute Gasteiger partial charge is 0.106 e. The van der Waals surface area contributed by atoms with Gasteiger partial charge in [-0.15, -0.1) is 11.3 Å². The number of hydrogen-bond acceptors (Lipinski definition) is 3. The van der Waals surface area contributed by atoms with Gasteiger partial charge in [0.1, 0.15) is 4.60 Å². The molecule has 0 bridgehead atoms. The first-order valence-electron chi connectivity index (χ1n) is 7.17. The van der Waals surface area contributed by atoms with E-state index in [1.165, 1.54) is 30.6 Å². The Morgan fingerprint density at radius 1 is 1.30 bits per heavy atom. The van der Waals surface area contributed by atoms with Crippen molar-refractivity contribution in [2.24, 2.45) is 5.92 Å². The van der Waals surface area contributed by atoms with E-state index in [1.54, 1.807) is 0 Å². The van der Waals surface area contributed by atoms with Crippen molar-refractivity contribution in [1.82, 2.24) is 4.98 Å². The number of aromatic nitrogens is 1. The first-order valence-corrected chi connectivity index (χ1v) is 8.84. The molecule has 2 aromatic rings. The molecule has 2 nitrogen and oxygen atoms in total. The molecule has 1 atom stereocenters. The summed E-state index contributed by atoms with van der Waals surface area (Å²) in [5.74, 6) is 0.747. The highest BCUT2D eigenvalue weighted by Gasteiger charge is 2.27. The highest BCUT2D eigenvalue weighted by Crippen LogP contribution is 2.39. The van der Waals surface area contributed by atoms with Gasteiger partial charge in [0.25, 0.3) is 0 Å². The molecule has 0 saturated heterocycles. The van der Waals surface area contributed by atoms with Gasteiger partial charge in [-0.1, -0.05) is 18.9 Å². The topological polar surface area (TPSA) is 24.9 Å². The van der Waals surface area contributed by atoms with Gasteiger partial charge in [-0.2, -0.15) is 0 Å². The number of nitrogens with zero attached hydrogens (tertiary/aromatic N) is 1. The number of pyridine rings is 1. The van der Waals surface area contributed by atoms with Crippen LogP contribution in [0.25, 0.3) is 0 Å². The number of aryl methyl sites for hydroxylation is 1. The number of halogens is 1. The molecule has 1 fully saturated rings. The number of nitrogens with one attached hydrogen (secondary N) is 1. The molecule has 1 unspecified atom stereocenters. The fourth-order valence-electron chi connectivity index (χ4n) is 3.03. The van der Waals surface area contributed by atoms with Gasteiger partial charge in [-0.3, -0.25) is 0 Å². The van der Waals surface area contributed by atoms with Gasteiger partial charge >= 0.3 is 0 Å². The summed E-state index contributed by atoms with van der Waals surface area (Å²) in [7, 11) is 0. The molecular formula is C16H19BrN2S. The maximum Gasteiger partial charge on any atom is 0.106 e.